The molecule has 0 aliphatic heterocycles. The van der Waals surface area contributed by atoms with Crippen LogP contribution >= 0.6 is 0 Å². The standard InChI is InChI=1S/C15H21FN2O3/c1-4-7-18(10-14(19)17(2)3)9-12-8-11(15(20)21)5-6-13(12)16/h5-6,8H,4,7,9-10H2,1-3H3,(H,20,21). The number of aromatic carboxylic acids is 1. The zero-order chi connectivity index (χ0) is 16.0. The van der Waals surface area contributed by atoms with Gasteiger partial charge in [-0.2, -0.15) is 0 Å². The van der Waals surface area contributed by atoms with Gasteiger partial charge in [0.2, 0.25) is 5.91 Å². The van der Waals surface area contributed by atoms with Gasteiger partial charge in [-0.25, -0.2) is 9.18 Å². The van der Waals surface area contributed by atoms with Gasteiger partial charge in [-0.3, -0.25) is 9.69 Å². The van der Waals surface area contributed by atoms with Crippen LogP contribution in [0.4, 0.5) is 4.39 Å². The van der Waals surface area contributed by atoms with Crippen molar-refractivity contribution in [1.29, 1.82) is 0 Å². The van der Waals surface area contributed by atoms with Gasteiger partial charge in [0.05, 0.1) is 12.1 Å². The second kappa shape index (κ2) is 7.73. The van der Waals surface area contributed by atoms with Crippen LogP contribution in [0.25, 0.3) is 0 Å². The van der Waals surface area contributed by atoms with Crippen LogP contribution in [0.3, 0.4) is 0 Å². The highest BCUT2D eigenvalue weighted by Crippen LogP contribution is 2.14. The van der Waals surface area contributed by atoms with Crippen molar-refractivity contribution < 1.29 is 19.1 Å². The predicted molar refractivity (Wildman–Crippen MR) is 77.6 cm³/mol. The van der Waals surface area contributed by atoms with Gasteiger partial charge in [-0.1, -0.05) is 6.92 Å². The average Bonchev–Trinajstić information content (AvgIpc) is 2.40. The third-order valence-corrected chi connectivity index (χ3v) is 3.08. The third-order valence-electron chi connectivity index (χ3n) is 3.08. The molecule has 0 unspecified atom stereocenters. The molecule has 6 heteroatoms. The number of carboxylic acid groups (broad SMARTS) is 1. The Hall–Kier alpha value is -1.95. The molecule has 0 saturated heterocycles. The van der Waals surface area contributed by atoms with Crippen LogP contribution in [0.15, 0.2) is 18.2 Å². The van der Waals surface area contributed by atoms with Crippen LogP contribution in [-0.4, -0.2) is 54.0 Å². The molecule has 1 N–H and O–H groups in total. The molecule has 0 saturated carbocycles. The summed E-state index contributed by atoms with van der Waals surface area (Å²) >= 11 is 0. The van der Waals surface area contributed by atoms with Crippen molar-refractivity contribution in [3.05, 3.63) is 35.1 Å². The van der Waals surface area contributed by atoms with Crippen LogP contribution in [-0.2, 0) is 11.3 Å². The summed E-state index contributed by atoms with van der Waals surface area (Å²) in [4.78, 5) is 26.0. The molecule has 0 atom stereocenters. The van der Waals surface area contributed by atoms with Crippen molar-refractivity contribution in [3.8, 4) is 0 Å². The topological polar surface area (TPSA) is 60.9 Å². The van der Waals surface area contributed by atoms with E-state index < -0.39 is 11.8 Å². The van der Waals surface area contributed by atoms with Crippen molar-refractivity contribution in [3.63, 3.8) is 0 Å². The van der Waals surface area contributed by atoms with Crippen LogP contribution < -0.4 is 0 Å². The highest BCUT2D eigenvalue weighted by Gasteiger charge is 2.15. The Labute approximate surface area is 124 Å². The van der Waals surface area contributed by atoms with Crippen molar-refractivity contribution in [1.82, 2.24) is 9.80 Å². The summed E-state index contributed by atoms with van der Waals surface area (Å²) in [6, 6.07) is 3.70. The van der Waals surface area contributed by atoms with Gasteiger partial charge in [0.25, 0.3) is 0 Å². The van der Waals surface area contributed by atoms with Crippen molar-refractivity contribution in [2.45, 2.75) is 19.9 Å². The van der Waals surface area contributed by atoms with Crippen LogP contribution in [0.1, 0.15) is 29.3 Å². The molecule has 0 spiro atoms. The van der Waals surface area contributed by atoms with Crippen LogP contribution in [0.2, 0.25) is 0 Å². The van der Waals surface area contributed by atoms with Crippen LogP contribution in [0.5, 0.6) is 0 Å². The summed E-state index contributed by atoms with van der Waals surface area (Å²) in [5, 5.41) is 8.96. The van der Waals surface area contributed by atoms with Gasteiger partial charge >= 0.3 is 5.97 Å². The molecule has 5 nitrogen and oxygen atoms in total. The molecule has 0 heterocycles. The zero-order valence-electron chi connectivity index (χ0n) is 12.6. The summed E-state index contributed by atoms with van der Waals surface area (Å²) in [6.45, 7) is 2.99. The Morgan fingerprint density at radius 1 is 1.29 bits per heavy atom. The molecule has 1 aromatic carbocycles. The normalized spacial score (nSPS) is 10.7. The van der Waals surface area contributed by atoms with Gasteiger partial charge in [0.15, 0.2) is 0 Å². The van der Waals surface area contributed by atoms with Gasteiger partial charge in [-0.05, 0) is 31.2 Å². The summed E-state index contributed by atoms with van der Waals surface area (Å²) in [5.41, 5.74) is 0.330. The molecule has 1 aromatic rings. The Kier molecular flexibility index (Phi) is 6.30. The van der Waals surface area contributed by atoms with Gasteiger partial charge in [0, 0.05) is 26.2 Å². The fourth-order valence-electron chi connectivity index (χ4n) is 1.93. The fraction of sp³-hybridized carbons (Fsp3) is 0.467. The number of carboxylic acids is 1. The minimum atomic E-state index is -1.09. The predicted octanol–water partition coefficient (Wildman–Crippen LogP) is 1.82. The fourth-order valence-corrected chi connectivity index (χ4v) is 1.93. The van der Waals surface area contributed by atoms with E-state index in [-0.39, 0.29) is 30.1 Å². The molecule has 1 rings (SSSR count). The number of amides is 1. The number of rotatable bonds is 7. The smallest absolute Gasteiger partial charge is 0.335 e. The summed E-state index contributed by atoms with van der Waals surface area (Å²) in [5.74, 6) is -1.63. The monoisotopic (exact) mass is 296 g/mol. The van der Waals surface area contributed by atoms with E-state index in [1.165, 1.54) is 17.0 Å². The molecule has 0 aromatic heterocycles. The number of nitrogens with zero attached hydrogens (tertiary/aromatic N) is 2. The van der Waals surface area contributed by atoms with E-state index in [0.717, 1.165) is 12.5 Å². The largest absolute Gasteiger partial charge is 0.478 e. The second-order valence-corrected chi connectivity index (χ2v) is 5.11. The van der Waals surface area contributed by atoms with E-state index in [0.29, 0.717) is 6.54 Å². The van der Waals surface area contributed by atoms with Crippen molar-refractivity contribution in [2.75, 3.05) is 27.2 Å². The maximum absolute atomic E-state index is 13.8. The first-order valence-electron chi connectivity index (χ1n) is 6.79. The van der Waals surface area contributed by atoms with E-state index >= 15 is 0 Å². The highest BCUT2D eigenvalue weighted by molar-refractivity contribution is 5.87. The van der Waals surface area contributed by atoms with E-state index in [9.17, 15) is 14.0 Å². The third kappa shape index (κ3) is 5.15. The molecule has 1 amide bonds. The number of hydrogen-bond donors (Lipinski definition) is 1. The number of halogens is 1. The lowest BCUT2D eigenvalue weighted by Crippen LogP contribution is -2.36. The Morgan fingerprint density at radius 2 is 1.95 bits per heavy atom. The van der Waals surface area contributed by atoms with Crippen molar-refractivity contribution >= 4 is 11.9 Å². The molecular weight excluding hydrogens is 275 g/mol. The van der Waals surface area contributed by atoms with Gasteiger partial charge < -0.3 is 10.0 Å². The van der Waals surface area contributed by atoms with Crippen molar-refractivity contribution in [2.24, 2.45) is 0 Å². The minimum Gasteiger partial charge on any atom is -0.478 e. The molecule has 0 fully saturated rings. The SMILES string of the molecule is CCCN(CC(=O)N(C)C)Cc1cc(C(=O)O)ccc1F. The average molecular weight is 296 g/mol. The Balaban J connectivity index is 2.90. The van der Waals surface area contributed by atoms with Crippen LogP contribution in [0, 0.1) is 5.82 Å². The molecular formula is C15H21FN2O3. The number of benzene rings is 1. The number of hydrogen-bond acceptors (Lipinski definition) is 3. The molecule has 21 heavy (non-hydrogen) atoms. The number of likely N-dealkylation sites (N-methyl/N-ethyl adjacent to an activating group) is 1. The lowest BCUT2D eigenvalue weighted by molar-refractivity contribution is -0.130. The quantitative estimate of drug-likeness (QED) is 0.834. The molecule has 0 radical (unpaired) electrons. The number of carbonyl (C=O) groups is 2. The summed E-state index contributed by atoms with van der Waals surface area (Å²) in [6.07, 6.45) is 0.820. The molecule has 0 aliphatic rings. The molecule has 0 bridgehead atoms. The molecule has 0 aliphatic carbocycles. The maximum Gasteiger partial charge on any atom is 0.335 e. The van der Waals surface area contributed by atoms with E-state index in [2.05, 4.69) is 0 Å². The maximum atomic E-state index is 13.8. The number of carbonyl (C=O) groups excluding carboxylic acids is 1. The Morgan fingerprint density at radius 3 is 2.48 bits per heavy atom. The van der Waals surface area contributed by atoms with E-state index in [1.54, 1.807) is 14.1 Å². The lowest BCUT2D eigenvalue weighted by atomic mass is 10.1. The lowest BCUT2D eigenvalue weighted by Gasteiger charge is -2.23. The summed E-state index contributed by atoms with van der Waals surface area (Å²) in [7, 11) is 3.33. The van der Waals surface area contributed by atoms with Gasteiger partial charge in [0.1, 0.15) is 5.82 Å². The summed E-state index contributed by atoms with van der Waals surface area (Å²) < 4.78 is 13.8. The van der Waals surface area contributed by atoms with E-state index in [1.807, 2.05) is 11.8 Å². The van der Waals surface area contributed by atoms with E-state index in [4.69, 9.17) is 5.11 Å². The first-order valence-corrected chi connectivity index (χ1v) is 6.79. The molecule has 116 valence electrons. The first kappa shape index (κ1) is 17.1. The first-order chi connectivity index (χ1) is 9.85. The highest BCUT2D eigenvalue weighted by atomic mass is 19.1. The minimum absolute atomic E-state index is 0.0433. The van der Waals surface area contributed by atoms with Gasteiger partial charge in [-0.15, -0.1) is 0 Å². The zero-order valence-corrected chi connectivity index (χ0v) is 12.6. The Bertz CT molecular complexity index is 518. The second-order valence-electron chi connectivity index (χ2n) is 5.11.